The van der Waals surface area contributed by atoms with Gasteiger partial charge >= 0.3 is 0 Å². The summed E-state index contributed by atoms with van der Waals surface area (Å²) in [4.78, 5) is 0. The zero-order chi connectivity index (χ0) is 13.2. The number of fused-ring (bicyclic) bond motifs is 1. The van der Waals surface area contributed by atoms with Crippen molar-refractivity contribution >= 4 is 28.2 Å². The van der Waals surface area contributed by atoms with Crippen LogP contribution in [0.2, 0.25) is 5.02 Å². The number of rotatable bonds is 3. The van der Waals surface area contributed by atoms with E-state index in [1.54, 1.807) is 18.3 Å². The van der Waals surface area contributed by atoms with Crippen LogP contribution in [0.1, 0.15) is 5.56 Å². The van der Waals surface area contributed by atoms with Crippen LogP contribution < -0.4 is 5.32 Å². The molecule has 0 amide bonds. The number of hydrogen-bond donors (Lipinski definition) is 2. The van der Waals surface area contributed by atoms with E-state index in [0.717, 1.165) is 16.6 Å². The lowest BCUT2D eigenvalue weighted by Gasteiger charge is -2.07. The van der Waals surface area contributed by atoms with Gasteiger partial charge < -0.3 is 5.32 Å². The minimum Gasteiger partial charge on any atom is -0.381 e. The van der Waals surface area contributed by atoms with Gasteiger partial charge in [-0.3, -0.25) is 5.10 Å². The lowest BCUT2D eigenvalue weighted by atomic mass is 10.2. The molecular formula is C14H11ClFN3. The molecule has 0 aliphatic heterocycles. The second-order valence-electron chi connectivity index (χ2n) is 4.26. The number of H-pyrrole nitrogens is 1. The molecule has 0 aliphatic rings. The highest BCUT2D eigenvalue weighted by Crippen LogP contribution is 2.19. The minimum absolute atomic E-state index is 0.301. The van der Waals surface area contributed by atoms with Crippen molar-refractivity contribution in [3.63, 3.8) is 0 Å². The summed E-state index contributed by atoms with van der Waals surface area (Å²) in [6, 6.07) is 10.5. The zero-order valence-corrected chi connectivity index (χ0v) is 10.7. The van der Waals surface area contributed by atoms with Crippen molar-refractivity contribution < 1.29 is 4.39 Å². The number of nitrogens with zero attached hydrogens (tertiary/aromatic N) is 1. The van der Waals surface area contributed by atoms with Gasteiger partial charge in [-0.15, -0.1) is 0 Å². The van der Waals surface area contributed by atoms with Crippen molar-refractivity contribution in [2.75, 3.05) is 5.32 Å². The third kappa shape index (κ3) is 2.53. The quantitative estimate of drug-likeness (QED) is 0.759. The Hall–Kier alpha value is -2.07. The van der Waals surface area contributed by atoms with Crippen LogP contribution in [0.15, 0.2) is 42.6 Å². The molecule has 0 bridgehead atoms. The summed E-state index contributed by atoms with van der Waals surface area (Å²) < 4.78 is 13.6. The van der Waals surface area contributed by atoms with Crippen LogP contribution in [-0.4, -0.2) is 10.2 Å². The van der Waals surface area contributed by atoms with E-state index in [2.05, 4.69) is 15.5 Å². The van der Waals surface area contributed by atoms with Gasteiger partial charge in [0.2, 0.25) is 0 Å². The van der Waals surface area contributed by atoms with Crippen molar-refractivity contribution in [2.45, 2.75) is 6.54 Å². The summed E-state index contributed by atoms with van der Waals surface area (Å²) in [5, 5.41) is 11.4. The molecule has 2 N–H and O–H groups in total. The number of nitrogens with one attached hydrogen (secondary N) is 2. The average Bonchev–Trinajstić information content (AvgIpc) is 2.85. The molecule has 3 aromatic rings. The maximum absolute atomic E-state index is 13.6. The maximum atomic E-state index is 13.6. The zero-order valence-electron chi connectivity index (χ0n) is 9.95. The van der Waals surface area contributed by atoms with Crippen molar-refractivity contribution in [2.24, 2.45) is 0 Å². The van der Waals surface area contributed by atoms with E-state index in [4.69, 9.17) is 11.6 Å². The molecule has 5 heteroatoms. The van der Waals surface area contributed by atoms with Crippen LogP contribution in [0.5, 0.6) is 0 Å². The Kier molecular flexibility index (Phi) is 3.09. The normalized spacial score (nSPS) is 10.8. The Morgan fingerprint density at radius 3 is 2.95 bits per heavy atom. The topological polar surface area (TPSA) is 40.7 Å². The van der Waals surface area contributed by atoms with Gasteiger partial charge in [0.05, 0.1) is 11.7 Å². The average molecular weight is 276 g/mol. The van der Waals surface area contributed by atoms with Gasteiger partial charge in [-0.1, -0.05) is 17.7 Å². The molecule has 1 aromatic heterocycles. The number of halogens is 2. The van der Waals surface area contributed by atoms with Crippen LogP contribution in [0.4, 0.5) is 10.1 Å². The molecule has 3 rings (SSSR count). The van der Waals surface area contributed by atoms with Crippen LogP contribution in [0, 0.1) is 5.82 Å². The first-order chi connectivity index (χ1) is 9.22. The van der Waals surface area contributed by atoms with Crippen molar-refractivity contribution in [1.82, 2.24) is 10.2 Å². The van der Waals surface area contributed by atoms with Gasteiger partial charge in [0, 0.05) is 28.2 Å². The second-order valence-corrected chi connectivity index (χ2v) is 4.70. The smallest absolute Gasteiger partial charge is 0.129 e. The summed E-state index contributed by atoms with van der Waals surface area (Å²) in [5.74, 6) is -0.301. The van der Waals surface area contributed by atoms with Crippen molar-refractivity contribution in [1.29, 1.82) is 0 Å². The van der Waals surface area contributed by atoms with Gasteiger partial charge in [0.1, 0.15) is 5.82 Å². The molecule has 0 fully saturated rings. The van der Waals surface area contributed by atoms with Crippen LogP contribution in [0.3, 0.4) is 0 Å². The Balaban J connectivity index is 1.77. The molecule has 0 aliphatic carbocycles. The number of hydrogen-bond acceptors (Lipinski definition) is 2. The third-order valence-electron chi connectivity index (χ3n) is 2.94. The van der Waals surface area contributed by atoms with E-state index < -0.39 is 0 Å². The Morgan fingerprint density at radius 1 is 1.21 bits per heavy atom. The molecule has 96 valence electrons. The number of aromatic nitrogens is 2. The molecule has 0 unspecified atom stereocenters. The highest BCUT2D eigenvalue weighted by Gasteiger charge is 2.03. The van der Waals surface area contributed by atoms with Crippen LogP contribution >= 0.6 is 11.6 Å². The largest absolute Gasteiger partial charge is 0.381 e. The summed E-state index contributed by atoms with van der Waals surface area (Å²) >= 11 is 5.72. The molecule has 1 heterocycles. The number of benzene rings is 2. The van der Waals surface area contributed by atoms with E-state index in [1.165, 1.54) is 6.07 Å². The Bertz CT molecular complexity index is 724. The molecule has 0 atom stereocenters. The first-order valence-corrected chi connectivity index (χ1v) is 6.21. The Labute approximate surface area is 114 Å². The van der Waals surface area contributed by atoms with E-state index in [9.17, 15) is 4.39 Å². The molecule has 0 saturated heterocycles. The maximum Gasteiger partial charge on any atom is 0.129 e. The monoisotopic (exact) mass is 275 g/mol. The first-order valence-electron chi connectivity index (χ1n) is 5.83. The minimum atomic E-state index is -0.301. The molecule has 3 nitrogen and oxygen atoms in total. The fourth-order valence-corrected chi connectivity index (χ4v) is 2.07. The first kappa shape index (κ1) is 12.0. The Morgan fingerprint density at radius 2 is 2.11 bits per heavy atom. The van der Waals surface area contributed by atoms with E-state index >= 15 is 0 Å². The fourth-order valence-electron chi connectivity index (χ4n) is 1.92. The molecule has 0 radical (unpaired) electrons. The second kappa shape index (κ2) is 4.90. The van der Waals surface area contributed by atoms with Gasteiger partial charge in [-0.2, -0.15) is 5.10 Å². The molecule has 2 aromatic carbocycles. The fraction of sp³-hybridized carbons (Fsp3) is 0.0714. The number of aromatic amines is 1. The van der Waals surface area contributed by atoms with E-state index in [0.29, 0.717) is 17.1 Å². The lowest BCUT2D eigenvalue weighted by molar-refractivity contribution is 0.613. The van der Waals surface area contributed by atoms with Crippen molar-refractivity contribution in [3.8, 4) is 0 Å². The van der Waals surface area contributed by atoms with Crippen molar-refractivity contribution in [3.05, 3.63) is 59.0 Å². The standard InChI is InChI=1S/C14H11ClFN3/c15-11-2-1-9(13(16)6-11)7-17-12-3-4-14-10(5-12)8-18-19-14/h1-6,8,17H,7H2,(H,18,19). The lowest BCUT2D eigenvalue weighted by Crippen LogP contribution is -2.01. The van der Waals surface area contributed by atoms with Gasteiger partial charge in [-0.25, -0.2) is 4.39 Å². The third-order valence-corrected chi connectivity index (χ3v) is 3.17. The predicted octanol–water partition coefficient (Wildman–Crippen LogP) is 3.97. The molecule has 19 heavy (non-hydrogen) atoms. The van der Waals surface area contributed by atoms with Gasteiger partial charge in [0.25, 0.3) is 0 Å². The molecular weight excluding hydrogens is 265 g/mol. The van der Waals surface area contributed by atoms with E-state index in [1.807, 2.05) is 18.2 Å². The predicted molar refractivity (Wildman–Crippen MR) is 74.8 cm³/mol. The van der Waals surface area contributed by atoms with Gasteiger partial charge in [0.15, 0.2) is 0 Å². The SMILES string of the molecule is Fc1cc(Cl)ccc1CNc1ccc2[nH]ncc2c1. The van der Waals surface area contributed by atoms with Crippen LogP contribution in [-0.2, 0) is 6.54 Å². The van der Waals surface area contributed by atoms with E-state index in [-0.39, 0.29) is 5.82 Å². The highest BCUT2D eigenvalue weighted by molar-refractivity contribution is 6.30. The molecule has 0 spiro atoms. The highest BCUT2D eigenvalue weighted by atomic mass is 35.5. The summed E-state index contributed by atoms with van der Waals surface area (Å²) in [7, 11) is 0. The van der Waals surface area contributed by atoms with Gasteiger partial charge in [-0.05, 0) is 30.3 Å². The summed E-state index contributed by atoms with van der Waals surface area (Å²) in [5.41, 5.74) is 2.48. The molecule has 0 saturated carbocycles. The van der Waals surface area contributed by atoms with Crippen LogP contribution in [0.25, 0.3) is 10.9 Å². The summed E-state index contributed by atoms with van der Waals surface area (Å²) in [6.07, 6.45) is 1.75. The number of anilines is 1. The summed E-state index contributed by atoms with van der Waals surface area (Å²) in [6.45, 7) is 0.409.